The normalized spacial score (nSPS) is 27.2. The second-order valence-corrected chi connectivity index (χ2v) is 7.64. The second-order valence-electron chi connectivity index (χ2n) is 7.64. The maximum absolute atomic E-state index is 12.9. The summed E-state index contributed by atoms with van der Waals surface area (Å²) in [6, 6.07) is 5.20. The molecule has 1 heterocycles. The van der Waals surface area contributed by atoms with Gasteiger partial charge in [-0.25, -0.2) is 4.39 Å². The Balaban J connectivity index is 1.60. The van der Waals surface area contributed by atoms with Crippen molar-refractivity contribution in [2.24, 2.45) is 23.7 Å². The standard InChI is InChI=1S/C20H24FN3O5/c1-10-4-9-14-16(20(28)24(3)19(14)27)15(10)18(26)23-22-17(25)11(2)29-13-7-5-12(21)6-8-13/h5-8,10-11,14-16H,4,9H2,1-3H3,(H,22,25)(H,23,26). The highest BCUT2D eigenvalue weighted by Crippen LogP contribution is 2.44. The molecule has 1 aromatic rings. The van der Waals surface area contributed by atoms with E-state index >= 15 is 0 Å². The molecule has 2 fully saturated rings. The smallest absolute Gasteiger partial charge is 0.279 e. The van der Waals surface area contributed by atoms with Crippen molar-refractivity contribution in [3.63, 3.8) is 0 Å². The molecule has 4 amide bonds. The molecule has 5 atom stereocenters. The average molecular weight is 405 g/mol. The number of ether oxygens (including phenoxy) is 1. The van der Waals surface area contributed by atoms with Crippen LogP contribution in [0.5, 0.6) is 5.75 Å². The van der Waals surface area contributed by atoms with Crippen molar-refractivity contribution in [1.29, 1.82) is 0 Å². The van der Waals surface area contributed by atoms with Crippen molar-refractivity contribution in [2.45, 2.75) is 32.8 Å². The molecule has 5 unspecified atom stereocenters. The molecule has 1 aliphatic carbocycles. The lowest BCUT2D eigenvalue weighted by atomic mass is 9.68. The number of benzene rings is 1. The number of fused-ring (bicyclic) bond motifs is 1. The number of nitrogens with zero attached hydrogens (tertiary/aromatic N) is 1. The molecular weight excluding hydrogens is 381 g/mol. The van der Waals surface area contributed by atoms with E-state index in [4.69, 9.17) is 4.74 Å². The highest BCUT2D eigenvalue weighted by Gasteiger charge is 2.55. The third-order valence-electron chi connectivity index (χ3n) is 5.74. The Morgan fingerprint density at radius 2 is 1.79 bits per heavy atom. The number of amides is 4. The van der Waals surface area contributed by atoms with Crippen LogP contribution < -0.4 is 15.6 Å². The molecule has 1 aliphatic heterocycles. The molecule has 1 saturated heterocycles. The van der Waals surface area contributed by atoms with Gasteiger partial charge in [-0.1, -0.05) is 6.92 Å². The summed E-state index contributed by atoms with van der Waals surface area (Å²) in [5.41, 5.74) is 4.66. The van der Waals surface area contributed by atoms with E-state index in [-0.39, 0.29) is 17.7 Å². The first kappa shape index (κ1) is 20.8. The van der Waals surface area contributed by atoms with Crippen molar-refractivity contribution in [1.82, 2.24) is 15.8 Å². The van der Waals surface area contributed by atoms with Crippen LogP contribution in [0, 0.1) is 29.5 Å². The Morgan fingerprint density at radius 3 is 2.45 bits per heavy atom. The summed E-state index contributed by atoms with van der Waals surface area (Å²) in [5.74, 6) is -3.85. The zero-order chi connectivity index (χ0) is 21.3. The maximum atomic E-state index is 12.9. The fraction of sp³-hybridized carbons (Fsp3) is 0.500. The van der Waals surface area contributed by atoms with Crippen LogP contribution in [0.4, 0.5) is 4.39 Å². The van der Waals surface area contributed by atoms with Crippen LogP contribution in [0.15, 0.2) is 24.3 Å². The Morgan fingerprint density at radius 1 is 1.14 bits per heavy atom. The van der Waals surface area contributed by atoms with Gasteiger partial charge < -0.3 is 4.74 Å². The summed E-state index contributed by atoms with van der Waals surface area (Å²) in [4.78, 5) is 50.8. The summed E-state index contributed by atoms with van der Waals surface area (Å²) in [7, 11) is 1.43. The predicted molar refractivity (Wildman–Crippen MR) is 99.4 cm³/mol. The first-order valence-corrected chi connectivity index (χ1v) is 9.54. The van der Waals surface area contributed by atoms with Crippen LogP contribution in [0.2, 0.25) is 0 Å². The van der Waals surface area contributed by atoms with E-state index in [0.29, 0.717) is 18.6 Å². The molecule has 0 spiro atoms. The minimum absolute atomic E-state index is 0.107. The van der Waals surface area contributed by atoms with Gasteiger partial charge in [-0.3, -0.25) is 34.9 Å². The van der Waals surface area contributed by atoms with Gasteiger partial charge in [0.2, 0.25) is 17.7 Å². The predicted octanol–water partition coefficient (Wildman–Crippen LogP) is 1.02. The van der Waals surface area contributed by atoms with Gasteiger partial charge in [0.05, 0.1) is 17.8 Å². The summed E-state index contributed by atoms with van der Waals surface area (Å²) in [6.07, 6.45) is 0.266. The van der Waals surface area contributed by atoms with E-state index in [1.807, 2.05) is 6.92 Å². The summed E-state index contributed by atoms with van der Waals surface area (Å²) < 4.78 is 18.3. The first-order chi connectivity index (χ1) is 13.7. The number of halogens is 1. The van der Waals surface area contributed by atoms with E-state index in [1.54, 1.807) is 0 Å². The van der Waals surface area contributed by atoms with Gasteiger partial charge in [0.25, 0.3) is 5.91 Å². The molecule has 3 rings (SSSR count). The molecule has 0 aromatic heterocycles. The Labute approximate surface area is 167 Å². The quantitative estimate of drug-likeness (QED) is 0.575. The number of carbonyl (C=O) groups is 4. The van der Waals surface area contributed by atoms with Crippen LogP contribution in [-0.2, 0) is 19.2 Å². The van der Waals surface area contributed by atoms with Crippen molar-refractivity contribution in [3.8, 4) is 5.75 Å². The molecule has 8 nitrogen and oxygen atoms in total. The zero-order valence-corrected chi connectivity index (χ0v) is 16.5. The van der Waals surface area contributed by atoms with Gasteiger partial charge in [-0.05, 0) is 49.9 Å². The van der Waals surface area contributed by atoms with E-state index in [0.717, 1.165) is 4.90 Å². The summed E-state index contributed by atoms with van der Waals surface area (Å²) in [5, 5.41) is 0. The molecule has 156 valence electrons. The number of imide groups is 1. The van der Waals surface area contributed by atoms with E-state index < -0.39 is 41.5 Å². The zero-order valence-electron chi connectivity index (χ0n) is 16.5. The van der Waals surface area contributed by atoms with Gasteiger partial charge >= 0.3 is 0 Å². The number of rotatable bonds is 4. The van der Waals surface area contributed by atoms with Gasteiger partial charge in [-0.15, -0.1) is 0 Å². The average Bonchev–Trinajstić information content (AvgIpc) is 2.91. The molecule has 1 saturated carbocycles. The van der Waals surface area contributed by atoms with E-state index in [2.05, 4.69) is 10.9 Å². The van der Waals surface area contributed by atoms with Gasteiger partial charge in [0, 0.05) is 7.05 Å². The van der Waals surface area contributed by atoms with Crippen molar-refractivity contribution in [2.75, 3.05) is 7.05 Å². The fourth-order valence-electron chi connectivity index (χ4n) is 4.09. The van der Waals surface area contributed by atoms with Crippen molar-refractivity contribution in [3.05, 3.63) is 30.1 Å². The molecular formula is C20H24FN3O5. The SMILES string of the molecule is CC(Oc1ccc(F)cc1)C(=O)NNC(=O)C1C(C)CCC2C(=O)N(C)C(=O)C21. The molecule has 2 aliphatic rings. The maximum Gasteiger partial charge on any atom is 0.279 e. The van der Waals surface area contributed by atoms with Crippen molar-refractivity contribution >= 4 is 23.6 Å². The van der Waals surface area contributed by atoms with Crippen molar-refractivity contribution < 1.29 is 28.3 Å². The fourth-order valence-corrected chi connectivity index (χ4v) is 4.09. The van der Waals surface area contributed by atoms with Gasteiger partial charge in [-0.2, -0.15) is 0 Å². The minimum atomic E-state index is -0.946. The minimum Gasteiger partial charge on any atom is -0.481 e. The molecule has 1 aromatic carbocycles. The molecule has 0 bridgehead atoms. The highest BCUT2D eigenvalue weighted by molar-refractivity contribution is 6.07. The number of carbonyl (C=O) groups excluding carboxylic acids is 4. The Bertz CT molecular complexity index is 828. The number of likely N-dealkylation sites (tertiary alicyclic amines) is 1. The van der Waals surface area contributed by atoms with E-state index in [9.17, 15) is 23.6 Å². The number of hydrazine groups is 1. The van der Waals surface area contributed by atoms with Gasteiger partial charge in [0.15, 0.2) is 6.10 Å². The van der Waals surface area contributed by atoms with Crippen LogP contribution >= 0.6 is 0 Å². The summed E-state index contributed by atoms with van der Waals surface area (Å²) in [6.45, 7) is 3.34. The molecule has 0 radical (unpaired) electrons. The van der Waals surface area contributed by atoms with Crippen LogP contribution in [0.1, 0.15) is 26.7 Å². The third-order valence-corrected chi connectivity index (χ3v) is 5.74. The summed E-state index contributed by atoms with van der Waals surface area (Å²) >= 11 is 0. The lowest BCUT2D eigenvalue weighted by molar-refractivity contribution is -0.143. The van der Waals surface area contributed by atoms with Crippen LogP contribution in [-0.4, -0.2) is 41.7 Å². The van der Waals surface area contributed by atoms with E-state index in [1.165, 1.54) is 38.2 Å². The monoisotopic (exact) mass is 405 g/mol. The lowest BCUT2D eigenvalue weighted by Crippen LogP contribution is -2.53. The second kappa shape index (κ2) is 8.18. The molecule has 29 heavy (non-hydrogen) atoms. The lowest BCUT2D eigenvalue weighted by Gasteiger charge is -2.34. The topological polar surface area (TPSA) is 105 Å². The third kappa shape index (κ3) is 4.08. The first-order valence-electron chi connectivity index (χ1n) is 9.54. The largest absolute Gasteiger partial charge is 0.481 e. The number of hydrogen-bond acceptors (Lipinski definition) is 5. The Hall–Kier alpha value is -2.97. The number of nitrogens with one attached hydrogen (secondary N) is 2. The Kier molecular flexibility index (Phi) is 5.86. The molecule has 2 N–H and O–H groups in total. The number of hydrogen-bond donors (Lipinski definition) is 2. The highest BCUT2D eigenvalue weighted by atomic mass is 19.1. The van der Waals surface area contributed by atoms with Crippen LogP contribution in [0.3, 0.4) is 0 Å². The molecule has 9 heteroatoms. The van der Waals surface area contributed by atoms with Gasteiger partial charge in [0.1, 0.15) is 11.6 Å². The van der Waals surface area contributed by atoms with Crippen LogP contribution in [0.25, 0.3) is 0 Å².